The Hall–Kier alpha value is -1.53. The summed E-state index contributed by atoms with van der Waals surface area (Å²) in [5, 5.41) is 10.3. The highest BCUT2D eigenvalue weighted by molar-refractivity contribution is 7.99. The fourth-order valence-electron chi connectivity index (χ4n) is 1.69. The lowest BCUT2D eigenvalue weighted by Gasteiger charge is -2.11. The van der Waals surface area contributed by atoms with E-state index >= 15 is 0 Å². The van der Waals surface area contributed by atoms with Crippen molar-refractivity contribution in [2.24, 2.45) is 5.92 Å². The molecule has 92 valence electrons. The molecule has 0 radical (unpaired) electrons. The van der Waals surface area contributed by atoms with E-state index in [1.54, 1.807) is 18.0 Å². The summed E-state index contributed by atoms with van der Waals surface area (Å²) in [6, 6.07) is 10.3. The molecule has 2 nitrogen and oxygen atoms in total. The Labute approximate surface area is 112 Å². The van der Waals surface area contributed by atoms with E-state index in [0.717, 1.165) is 28.0 Å². The SMILES string of the molecule is CCC(C)CSc1c(C#N)cnc2ccccc12. The molecule has 1 atom stereocenters. The molecule has 0 bridgehead atoms. The van der Waals surface area contributed by atoms with Crippen LogP contribution in [0.25, 0.3) is 10.9 Å². The quantitative estimate of drug-likeness (QED) is 0.767. The van der Waals surface area contributed by atoms with Crippen LogP contribution in [0.2, 0.25) is 0 Å². The molecule has 0 aliphatic heterocycles. The van der Waals surface area contributed by atoms with Gasteiger partial charge in [-0.3, -0.25) is 4.98 Å². The largest absolute Gasteiger partial charge is 0.255 e. The lowest BCUT2D eigenvalue weighted by Crippen LogP contribution is -1.97. The molecular formula is C15H16N2S. The number of thioether (sulfide) groups is 1. The number of fused-ring (bicyclic) bond motifs is 1. The molecule has 0 fully saturated rings. The van der Waals surface area contributed by atoms with Gasteiger partial charge in [0, 0.05) is 22.2 Å². The number of hydrogen-bond donors (Lipinski definition) is 0. The summed E-state index contributed by atoms with van der Waals surface area (Å²) in [5.41, 5.74) is 1.64. The van der Waals surface area contributed by atoms with Crippen LogP contribution in [0, 0.1) is 17.2 Å². The molecule has 2 aromatic rings. The Morgan fingerprint density at radius 1 is 1.39 bits per heavy atom. The monoisotopic (exact) mass is 256 g/mol. The third kappa shape index (κ3) is 2.65. The van der Waals surface area contributed by atoms with Gasteiger partial charge >= 0.3 is 0 Å². The van der Waals surface area contributed by atoms with E-state index < -0.39 is 0 Å². The van der Waals surface area contributed by atoms with E-state index in [1.807, 2.05) is 24.3 Å². The van der Waals surface area contributed by atoms with Crippen LogP contribution in [0.4, 0.5) is 0 Å². The number of nitriles is 1. The maximum atomic E-state index is 9.20. The highest BCUT2D eigenvalue weighted by atomic mass is 32.2. The van der Waals surface area contributed by atoms with E-state index in [2.05, 4.69) is 24.9 Å². The summed E-state index contributed by atoms with van der Waals surface area (Å²) >= 11 is 1.77. The fourth-order valence-corrected chi connectivity index (χ4v) is 2.96. The molecule has 1 heterocycles. The molecule has 1 unspecified atom stereocenters. The van der Waals surface area contributed by atoms with Crippen molar-refractivity contribution in [2.45, 2.75) is 25.2 Å². The van der Waals surface area contributed by atoms with Crippen molar-refractivity contribution < 1.29 is 0 Å². The van der Waals surface area contributed by atoms with Gasteiger partial charge < -0.3 is 0 Å². The summed E-state index contributed by atoms with van der Waals surface area (Å²) in [7, 11) is 0. The minimum Gasteiger partial charge on any atom is -0.255 e. The Kier molecular flexibility index (Phi) is 4.22. The molecule has 1 aromatic heterocycles. The van der Waals surface area contributed by atoms with Gasteiger partial charge in [0.2, 0.25) is 0 Å². The molecule has 0 amide bonds. The zero-order valence-electron chi connectivity index (χ0n) is 10.7. The van der Waals surface area contributed by atoms with E-state index in [9.17, 15) is 5.26 Å². The van der Waals surface area contributed by atoms with Crippen LogP contribution in [0.3, 0.4) is 0 Å². The number of benzene rings is 1. The number of hydrogen-bond acceptors (Lipinski definition) is 3. The van der Waals surface area contributed by atoms with Gasteiger partial charge in [-0.25, -0.2) is 0 Å². The van der Waals surface area contributed by atoms with Crippen molar-refractivity contribution in [3.8, 4) is 6.07 Å². The predicted octanol–water partition coefficient (Wildman–Crippen LogP) is 4.24. The molecule has 1 aromatic carbocycles. The fraction of sp³-hybridized carbons (Fsp3) is 0.333. The zero-order chi connectivity index (χ0) is 13.0. The van der Waals surface area contributed by atoms with Crippen LogP contribution in [0.15, 0.2) is 35.4 Å². The molecular weight excluding hydrogens is 240 g/mol. The van der Waals surface area contributed by atoms with E-state index in [4.69, 9.17) is 0 Å². The van der Waals surface area contributed by atoms with Crippen LogP contribution in [0.5, 0.6) is 0 Å². The lowest BCUT2D eigenvalue weighted by atomic mass is 10.1. The zero-order valence-corrected chi connectivity index (χ0v) is 11.5. The molecule has 0 aliphatic carbocycles. The van der Waals surface area contributed by atoms with Crippen LogP contribution >= 0.6 is 11.8 Å². The van der Waals surface area contributed by atoms with Gasteiger partial charge in [-0.2, -0.15) is 5.26 Å². The van der Waals surface area contributed by atoms with Crippen LogP contribution in [-0.2, 0) is 0 Å². The number of para-hydroxylation sites is 1. The summed E-state index contributed by atoms with van der Waals surface area (Å²) in [5.74, 6) is 1.70. The second-order valence-electron chi connectivity index (χ2n) is 4.45. The van der Waals surface area contributed by atoms with E-state index in [1.165, 1.54) is 0 Å². The van der Waals surface area contributed by atoms with Gasteiger partial charge in [-0.05, 0) is 12.0 Å². The van der Waals surface area contributed by atoms with Crippen molar-refractivity contribution in [1.82, 2.24) is 4.98 Å². The first-order valence-corrected chi connectivity index (χ1v) is 7.15. The summed E-state index contributed by atoms with van der Waals surface area (Å²) in [6.45, 7) is 4.43. The van der Waals surface area contributed by atoms with Gasteiger partial charge in [0.05, 0.1) is 11.1 Å². The van der Waals surface area contributed by atoms with Crippen molar-refractivity contribution in [1.29, 1.82) is 5.26 Å². The summed E-state index contributed by atoms with van der Waals surface area (Å²) in [4.78, 5) is 5.40. The molecule has 0 aliphatic rings. The van der Waals surface area contributed by atoms with Crippen molar-refractivity contribution in [2.75, 3.05) is 5.75 Å². The summed E-state index contributed by atoms with van der Waals surface area (Å²) < 4.78 is 0. The van der Waals surface area contributed by atoms with Gasteiger partial charge in [0.25, 0.3) is 0 Å². The second-order valence-corrected chi connectivity index (χ2v) is 5.48. The van der Waals surface area contributed by atoms with Crippen LogP contribution in [0.1, 0.15) is 25.8 Å². The lowest BCUT2D eigenvalue weighted by molar-refractivity contribution is 0.637. The summed E-state index contributed by atoms with van der Waals surface area (Å²) in [6.07, 6.45) is 2.85. The molecule has 0 N–H and O–H groups in total. The average Bonchev–Trinajstić information content (AvgIpc) is 2.44. The first-order valence-electron chi connectivity index (χ1n) is 6.17. The van der Waals surface area contributed by atoms with Gasteiger partial charge in [-0.15, -0.1) is 11.8 Å². The topological polar surface area (TPSA) is 36.7 Å². The van der Waals surface area contributed by atoms with Crippen molar-refractivity contribution in [3.05, 3.63) is 36.0 Å². The number of rotatable bonds is 4. The smallest absolute Gasteiger partial charge is 0.102 e. The molecule has 3 heteroatoms. The van der Waals surface area contributed by atoms with E-state index in [0.29, 0.717) is 11.5 Å². The van der Waals surface area contributed by atoms with Crippen LogP contribution < -0.4 is 0 Å². The highest BCUT2D eigenvalue weighted by Gasteiger charge is 2.10. The van der Waals surface area contributed by atoms with Crippen molar-refractivity contribution in [3.63, 3.8) is 0 Å². The second kappa shape index (κ2) is 5.88. The maximum Gasteiger partial charge on any atom is 0.102 e. The number of nitrogens with zero attached hydrogens (tertiary/aromatic N) is 2. The molecule has 0 saturated heterocycles. The Morgan fingerprint density at radius 3 is 2.89 bits per heavy atom. The Morgan fingerprint density at radius 2 is 2.17 bits per heavy atom. The molecule has 0 saturated carbocycles. The number of pyridine rings is 1. The first kappa shape index (κ1) is 12.9. The number of aromatic nitrogens is 1. The Bertz CT molecular complexity index is 587. The van der Waals surface area contributed by atoms with Crippen molar-refractivity contribution >= 4 is 22.7 Å². The third-order valence-corrected chi connectivity index (χ3v) is 4.52. The maximum absolute atomic E-state index is 9.20. The molecule has 2 rings (SSSR count). The molecule has 0 spiro atoms. The van der Waals surface area contributed by atoms with Gasteiger partial charge in [0.15, 0.2) is 0 Å². The molecule has 18 heavy (non-hydrogen) atoms. The van der Waals surface area contributed by atoms with Gasteiger partial charge in [-0.1, -0.05) is 38.5 Å². The first-order chi connectivity index (χ1) is 8.76. The minimum atomic E-state index is 0.661. The predicted molar refractivity (Wildman–Crippen MR) is 76.6 cm³/mol. The standard InChI is InChI=1S/C15H16N2S/c1-3-11(2)10-18-15-12(8-16)9-17-14-7-5-4-6-13(14)15/h4-7,9,11H,3,10H2,1-2H3. The van der Waals surface area contributed by atoms with Crippen LogP contribution in [-0.4, -0.2) is 10.7 Å². The Balaban J connectivity index is 2.42. The third-order valence-electron chi connectivity index (χ3n) is 3.06. The highest BCUT2D eigenvalue weighted by Crippen LogP contribution is 2.31. The minimum absolute atomic E-state index is 0.661. The average molecular weight is 256 g/mol. The van der Waals surface area contributed by atoms with Gasteiger partial charge in [0.1, 0.15) is 6.07 Å². The normalized spacial score (nSPS) is 12.3. The van der Waals surface area contributed by atoms with E-state index in [-0.39, 0.29) is 0 Å².